The zero-order valence-corrected chi connectivity index (χ0v) is 12.8. The lowest BCUT2D eigenvalue weighted by atomic mass is 9.81. The van der Waals surface area contributed by atoms with E-state index in [9.17, 15) is 0 Å². The van der Waals surface area contributed by atoms with Crippen molar-refractivity contribution in [3.63, 3.8) is 0 Å². The molecule has 2 heterocycles. The zero-order valence-electron chi connectivity index (χ0n) is 11.9. The van der Waals surface area contributed by atoms with Crippen molar-refractivity contribution >= 4 is 12.6 Å². The fourth-order valence-corrected chi connectivity index (χ4v) is 3.75. The third kappa shape index (κ3) is 3.62. The molecule has 1 atom stereocenters. The predicted octanol–water partition coefficient (Wildman–Crippen LogP) is 1.74. The molecule has 0 bridgehead atoms. The van der Waals surface area contributed by atoms with Gasteiger partial charge in [0.15, 0.2) is 0 Å². The minimum atomic E-state index is 0.399. The fourth-order valence-electron chi connectivity index (χ4n) is 3.33. The molecule has 2 aliphatic rings. The average Bonchev–Trinajstić information content (AvgIpc) is 2.77. The molecule has 3 nitrogen and oxygen atoms in total. The summed E-state index contributed by atoms with van der Waals surface area (Å²) in [6.07, 6.45) is 5.08. The van der Waals surface area contributed by atoms with Crippen molar-refractivity contribution in [2.45, 2.75) is 31.7 Å². The third-order valence-electron chi connectivity index (χ3n) is 4.50. The molecule has 0 radical (unpaired) electrons. The van der Waals surface area contributed by atoms with Crippen LogP contribution < -0.4 is 0 Å². The van der Waals surface area contributed by atoms with E-state index in [4.69, 9.17) is 4.74 Å². The summed E-state index contributed by atoms with van der Waals surface area (Å²) in [6.45, 7) is 5.53. The standard InChI is InChI=1S/C14H28N2OS/c1-15(2)10-13-4-3-7-16(13)11-14(12-18)5-8-17-9-6-14/h13,18H,3-12H2,1-2H3. The van der Waals surface area contributed by atoms with Crippen molar-refractivity contribution < 1.29 is 4.74 Å². The van der Waals surface area contributed by atoms with Crippen LogP contribution in [0.25, 0.3) is 0 Å². The molecule has 4 heteroatoms. The van der Waals surface area contributed by atoms with Crippen LogP contribution in [-0.2, 0) is 4.74 Å². The number of likely N-dealkylation sites (N-methyl/N-ethyl adjacent to an activating group) is 1. The number of nitrogens with zero attached hydrogens (tertiary/aromatic N) is 2. The van der Waals surface area contributed by atoms with Crippen LogP contribution in [0, 0.1) is 5.41 Å². The average molecular weight is 272 g/mol. The molecule has 1 unspecified atom stereocenters. The quantitative estimate of drug-likeness (QED) is 0.768. The van der Waals surface area contributed by atoms with Crippen molar-refractivity contribution in [3.05, 3.63) is 0 Å². The number of thiol groups is 1. The van der Waals surface area contributed by atoms with Crippen LogP contribution in [0.2, 0.25) is 0 Å². The maximum atomic E-state index is 5.52. The molecule has 0 aliphatic carbocycles. The van der Waals surface area contributed by atoms with Gasteiger partial charge in [0.25, 0.3) is 0 Å². The van der Waals surface area contributed by atoms with Crippen molar-refractivity contribution in [2.24, 2.45) is 5.41 Å². The van der Waals surface area contributed by atoms with Crippen LogP contribution in [0.5, 0.6) is 0 Å². The van der Waals surface area contributed by atoms with E-state index in [0.29, 0.717) is 5.41 Å². The van der Waals surface area contributed by atoms with Crippen LogP contribution in [-0.4, -0.2) is 68.5 Å². The SMILES string of the molecule is CN(C)CC1CCCN1CC1(CS)CCOCC1. The topological polar surface area (TPSA) is 15.7 Å². The Morgan fingerprint density at radius 3 is 2.67 bits per heavy atom. The van der Waals surface area contributed by atoms with Crippen molar-refractivity contribution in [1.82, 2.24) is 9.80 Å². The summed E-state index contributed by atoms with van der Waals surface area (Å²) in [5.41, 5.74) is 0.399. The fraction of sp³-hybridized carbons (Fsp3) is 1.00. The maximum absolute atomic E-state index is 5.52. The van der Waals surface area contributed by atoms with Gasteiger partial charge in [-0.3, -0.25) is 4.90 Å². The molecular weight excluding hydrogens is 244 g/mol. The first kappa shape index (κ1) is 14.6. The Bertz CT molecular complexity index is 254. The molecule has 0 spiro atoms. The smallest absolute Gasteiger partial charge is 0.0472 e. The first-order chi connectivity index (χ1) is 8.65. The van der Waals surface area contributed by atoms with E-state index in [1.54, 1.807) is 0 Å². The van der Waals surface area contributed by atoms with E-state index < -0.39 is 0 Å². The summed E-state index contributed by atoms with van der Waals surface area (Å²) in [5, 5.41) is 0. The lowest BCUT2D eigenvalue weighted by molar-refractivity contribution is 0.00422. The lowest BCUT2D eigenvalue weighted by Crippen LogP contribution is -2.47. The van der Waals surface area contributed by atoms with Gasteiger partial charge >= 0.3 is 0 Å². The second kappa shape index (κ2) is 6.60. The summed E-state index contributed by atoms with van der Waals surface area (Å²) >= 11 is 4.63. The van der Waals surface area contributed by atoms with Gasteiger partial charge in [-0.1, -0.05) is 0 Å². The zero-order chi connectivity index (χ0) is 13.0. The first-order valence-electron chi connectivity index (χ1n) is 7.23. The number of likely N-dealkylation sites (tertiary alicyclic amines) is 1. The molecule has 2 rings (SSSR count). The Hall–Kier alpha value is 0.230. The van der Waals surface area contributed by atoms with Gasteiger partial charge < -0.3 is 9.64 Å². The maximum Gasteiger partial charge on any atom is 0.0472 e. The van der Waals surface area contributed by atoms with E-state index in [1.807, 2.05) is 0 Å². The highest BCUT2D eigenvalue weighted by Gasteiger charge is 2.36. The summed E-state index contributed by atoms with van der Waals surface area (Å²) in [5.74, 6) is 1.00. The number of ether oxygens (including phenoxy) is 1. The van der Waals surface area contributed by atoms with E-state index in [1.165, 1.54) is 45.3 Å². The highest BCUT2D eigenvalue weighted by molar-refractivity contribution is 7.80. The van der Waals surface area contributed by atoms with E-state index in [2.05, 4.69) is 36.5 Å². The van der Waals surface area contributed by atoms with Crippen LogP contribution in [0.4, 0.5) is 0 Å². The number of hydrogen-bond acceptors (Lipinski definition) is 4. The Morgan fingerprint density at radius 2 is 2.06 bits per heavy atom. The monoisotopic (exact) mass is 272 g/mol. The molecule has 106 valence electrons. The Kier molecular flexibility index (Phi) is 5.36. The summed E-state index contributed by atoms with van der Waals surface area (Å²) in [7, 11) is 4.36. The van der Waals surface area contributed by atoms with Crippen LogP contribution in [0.3, 0.4) is 0 Å². The van der Waals surface area contributed by atoms with E-state index >= 15 is 0 Å². The van der Waals surface area contributed by atoms with Crippen molar-refractivity contribution in [2.75, 3.05) is 52.7 Å². The largest absolute Gasteiger partial charge is 0.381 e. The summed E-state index contributed by atoms with van der Waals surface area (Å²) in [4.78, 5) is 5.03. The van der Waals surface area contributed by atoms with Gasteiger partial charge in [0.2, 0.25) is 0 Å². The Labute approximate surface area is 117 Å². The molecule has 2 aliphatic heterocycles. The van der Waals surface area contributed by atoms with Gasteiger partial charge in [-0.25, -0.2) is 0 Å². The molecule has 0 aromatic heterocycles. The Morgan fingerprint density at radius 1 is 1.33 bits per heavy atom. The van der Waals surface area contributed by atoms with Crippen LogP contribution in [0.15, 0.2) is 0 Å². The van der Waals surface area contributed by atoms with Crippen molar-refractivity contribution in [3.8, 4) is 0 Å². The van der Waals surface area contributed by atoms with Gasteiger partial charge in [-0.2, -0.15) is 12.6 Å². The van der Waals surface area contributed by atoms with E-state index in [0.717, 1.165) is 25.0 Å². The molecule has 0 saturated carbocycles. The number of hydrogen-bond donors (Lipinski definition) is 1. The van der Waals surface area contributed by atoms with Crippen LogP contribution in [0.1, 0.15) is 25.7 Å². The van der Waals surface area contributed by atoms with Crippen molar-refractivity contribution in [1.29, 1.82) is 0 Å². The van der Waals surface area contributed by atoms with Gasteiger partial charge in [0.1, 0.15) is 0 Å². The molecule has 0 N–H and O–H groups in total. The predicted molar refractivity (Wildman–Crippen MR) is 79.5 cm³/mol. The molecular formula is C14H28N2OS. The van der Waals surface area contributed by atoms with Gasteiger partial charge in [0, 0.05) is 32.3 Å². The van der Waals surface area contributed by atoms with Gasteiger partial charge in [-0.15, -0.1) is 0 Å². The number of rotatable bonds is 5. The third-order valence-corrected chi connectivity index (χ3v) is 5.17. The Balaban J connectivity index is 1.93. The minimum Gasteiger partial charge on any atom is -0.381 e. The highest BCUT2D eigenvalue weighted by Crippen LogP contribution is 2.35. The first-order valence-corrected chi connectivity index (χ1v) is 7.86. The normalized spacial score (nSPS) is 29.0. The van der Waals surface area contributed by atoms with Gasteiger partial charge in [-0.05, 0) is 57.5 Å². The molecule has 0 amide bonds. The molecule has 18 heavy (non-hydrogen) atoms. The second-order valence-corrected chi connectivity index (χ2v) is 6.62. The van der Waals surface area contributed by atoms with E-state index in [-0.39, 0.29) is 0 Å². The second-order valence-electron chi connectivity index (χ2n) is 6.30. The molecule has 0 aromatic rings. The lowest BCUT2D eigenvalue weighted by Gasteiger charge is -2.41. The van der Waals surface area contributed by atoms with Crippen LogP contribution >= 0.6 is 12.6 Å². The minimum absolute atomic E-state index is 0.399. The van der Waals surface area contributed by atoms with Gasteiger partial charge in [0.05, 0.1) is 0 Å². The molecule has 2 fully saturated rings. The summed E-state index contributed by atoms with van der Waals surface area (Å²) < 4.78 is 5.52. The molecule has 0 aromatic carbocycles. The highest BCUT2D eigenvalue weighted by atomic mass is 32.1. The summed E-state index contributed by atoms with van der Waals surface area (Å²) in [6, 6.07) is 0.750. The molecule has 2 saturated heterocycles.